The van der Waals surface area contributed by atoms with E-state index in [1.54, 1.807) is 18.2 Å². The molecule has 0 radical (unpaired) electrons. The minimum atomic E-state index is -0.504. The third kappa shape index (κ3) is 4.68. The van der Waals surface area contributed by atoms with Gasteiger partial charge in [0.05, 0.1) is 0 Å². The van der Waals surface area contributed by atoms with Gasteiger partial charge in [0.15, 0.2) is 0 Å². The molecule has 2 aromatic carbocycles. The largest absolute Gasteiger partial charge is 0.322 e. The molecule has 0 fully saturated rings. The molecular formula is C20H15ClFN3O2. The number of carbonyl (C=O) groups is 2. The normalized spacial score (nSPS) is 10.3. The summed E-state index contributed by atoms with van der Waals surface area (Å²) in [6, 6.07) is 13.4. The number of halogens is 2. The molecule has 2 N–H and O–H groups in total. The number of benzene rings is 2. The van der Waals surface area contributed by atoms with Crippen LogP contribution in [0.15, 0.2) is 60.8 Å². The van der Waals surface area contributed by atoms with Gasteiger partial charge in [-0.05, 0) is 61.0 Å². The highest BCUT2D eigenvalue weighted by Gasteiger charge is 2.13. The number of carbonyl (C=O) groups excluding carboxylic acids is 2. The van der Waals surface area contributed by atoms with Crippen LogP contribution in [0.2, 0.25) is 5.02 Å². The van der Waals surface area contributed by atoms with Gasteiger partial charge in [0, 0.05) is 28.2 Å². The molecule has 0 spiro atoms. The molecule has 0 aliphatic heterocycles. The van der Waals surface area contributed by atoms with E-state index in [1.165, 1.54) is 42.6 Å². The second kappa shape index (κ2) is 7.97. The molecule has 0 atom stereocenters. The molecule has 0 saturated heterocycles. The average Bonchev–Trinajstić information content (AvgIpc) is 2.66. The van der Waals surface area contributed by atoms with Crippen LogP contribution in [0.3, 0.4) is 0 Å². The van der Waals surface area contributed by atoms with E-state index in [-0.39, 0.29) is 11.3 Å². The molecule has 7 heteroatoms. The lowest BCUT2D eigenvalue weighted by Crippen LogP contribution is -2.17. The Morgan fingerprint density at radius 1 is 0.963 bits per heavy atom. The Hall–Kier alpha value is -3.25. The first-order valence-corrected chi connectivity index (χ1v) is 8.40. The Balaban J connectivity index is 1.76. The number of nitrogens with zero attached hydrogens (tertiary/aromatic N) is 1. The van der Waals surface area contributed by atoms with Crippen LogP contribution in [0.5, 0.6) is 0 Å². The van der Waals surface area contributed by atoms with Crippen LogP contribution in [0.1, 0.15) is 26.4 Å². The molecule has 2 amide bonds. The molecule has 0 unspecified atom stereocenters. The second-order valence-corrected chi connectivity index (χ2v) is 6.24. The lowest BCUT2D eigenvalue weighted by molar-refractivity contribution is 0.102. The van der Waals surface area contributed by atoms with Crippen molar-refractivity contribution in [2.24, 2.45) is 0 Å². The van der Waals surface area contributed by atoms with Gasteiger partial charge < -0.3 is 10.6 Å². The number of aryl methyl sites for hydroxylation is 1. The van der Waals surface area contributed by atoms with Crippen LogP contribution in [0.25, 0.3) is 0 Å². The highest BCUT2D eigenvalue weighted by Crippen LogP contribution is 2.21. The molecule has 5 nitrogen and oxygen atoms in total. The lowest BCUT2D eigenvalue weighted by atomic mass is 10.1. The van der Waals surface area contributed by atoms with Crippen molar-refractivity contribution in [1.29, 1.82) is 0 Å². The van der Waals surface area contributed by atoms with E-state index in [0.717, 1.165) is 5.56 Å². The Morgan fingerprint density at radius 3 is 2.44 bits per heavy atom. The van der Waals surface area contributed by atoms with Gasteiger partial charge in [-0.25, -0.2) is 4.39 Å². The smallest absolute Gasteiger partial charge is 0.274 e. The molecule has 136 valence electrons. The molecule has 0 aliphatic carbocycles. The predicted molar refractivity (Wildman–Crippen MR) is 103 cm³/mol. The van der Waals surface area contributed by atoms with E-state index in [2.05, 4.69) is 15.6 Å². The van der Waals surface area contributed by atoms with Crippen molar-refractivity contribution in [2.45, 2.75) is 6.92 Å². The number of hydrogen-bond donors (Lipinski definition) is 2. The summed E-state index contributed by atoms with van der Waals surface area (Å²) in [6.45, 7) is 1.85. The van der Waals surface area contributed by atoms with Crippen LogP contribution < -0.4 is 10.6 Å². The highest BCUT2D eigenvalue weighted by molar-refractivity contribution is 6.31. The minimum Gasteiger partial charge on any atom is -0.322 e. The summed E-state index contributed by atoms with van der Waals surface area (Å²) in [6.07, 6.45) is 1.37. The summed E-state index contributed by atoms with van der Waals surface area (Å²) in [7, 11) is 0. The van der Waals surface area contributed by atoms with Gasteiger partial charge in [0.25, 0.3) is 11.8 Å². The molecular weight excluding hydrogens is 369 g/mol. The van der Waals surface area contributed by atoms with E-state index in [0.29, 0.717) is 16.4 Å². The first-order chi connectivity index (χ1) is 12.9. The topological polar surface area (TPSA) is 71.1 Å². The monoisotopic (exact) mass is 383 g/mol. The van der Waals surface area contributed by atoms with E-state index < -0.39 is 17.6 Å². The minimum absolute atomic E-state index is 0.0646. The number of amides is 2. The summed E-state index contributed by atoms with van der Waals surface area (Å²) >= 11 is 5.96. The van der Waals surface area contributed by atoms with E-state index in [1.807, 2.05) is 6.92 Å². The number of pyridine rings is 1. The van der Waals surface area contributed by atoms with E-state index in [9.17, 15) is 14.0 Å². The standard InChI is InChI=1S/C20H15ClFN3O2/c1-12-2-3-14(21)11-17(12)25-19(26)13-8-9-23-18(10-13)20(27)24-16-6-4-15(22)5-7-16/h2-11H,1H3,(H,24,27)(H,25,26). The van der Waals surface area contributed by atoms with Gasteiger partial charge in [-0.15, -0.1) is 0 Å². The van der Waals surface area contributed by atoms with Crippen molar-refractivity contribution < 1.29 is 14.0 Å². The zero-order valence-electron chi connectivity index (χ0n) is 14.3. The van der Waals surface area contributed by atoms with Gasteiger partial charge in [0.1, 0.15) is 11.5 Å². The van der Waals surface area contributed by atoms with Crippen LogP contribution in [0, 0.1) is 12.7 Å². The summed E-state index contributed by atoms with van der Waals surface area (Å²) in [5.41, 5.74) is 2.20. The molecule has 0 saturated carbocycles. The van der Waals surface area contributed by atoms with Crippen molar-refractivity contribution in [2.75, 3.05) is 10.6 Å². The first-order valence-electron chi connectivity index (χ1n) is 8.03. The quantitative estimate of drug-likeness (QED) is 0.686. The van der Waals surface area contributed by atoms with Gasteiger partial charge in [-0.3, -0.25) is 14.6 Å². The van der Waals surface area contributed by atoms with Gasteiger partial charge >= 0.3 is 0 Å². The molecule has 0 aliphatic rings. The average molecular weight is 384 g/mol. The Morgan fingerprint density at radius 2 is 1.70 bits per heavy atom. The SMILES string of the molecule is Cc1ccc(Cl)cc1NC(=O)c1ccnc(C(=O)Nc2ccc(F)cc2)c1. The summed E-state index contributed by atoms with van der Waals surface area (Å²) in [5.74, 6) is -1.30. The molecule has 3 aromatic rings. The Bertz CT molecular complexity index is 1010. The Labute approximate surface area is 160 Å². The fourth-order valence-electron chi connectivity index (χ4n) is 2.35. The fourth-order valence-corrected chi connectivity index (χ4v) is 2.52. The zero-order chi connectivity index (χ0) is 19.4. The number of nitrogens with one attached hydrogen (secondary N) is 2. The van der Waals surface area contributed by atoms with Gasteiger partial charge in [0.2, 0.25) is 0 Å². The second-order valence-electron chi connectivity index (χ2n) is 5.80. The lowest BCUT2D eigenvalue weighted by Gasteiger charge is -2.10. The molecule has 1 heterocycles. The molecule has 1 aromatic heterocycles. The van der Waals surface area contributed by atoms with Crippen molar-refractivity contribution in [3.8, 4) is 0 Å². The number of aromatic nitrogens is 1. The van der Waals surface area contributed by atoms with Gasteiger partial charge in [-0.1, -0.05) is 17.7 Å². The Kier molecular flexibility index (Phi) is 5.47. The van der Waals surface area contributed by atoms with Crippen molar-refractivity contribution in [1.82, 2.24) is 4.98 Å². The van der Waals surface area contributed by atoms with E-state index in [4.69, 9.17) is 11.6 Å². The molecule has 27 heavy (non-hydrogen) atoms. The van der Waals surface area contributed by atoms with Gasteiger partial charge in [-0.2, -0.15) is 0 Å². The van der Waals surface area contributed by atoms with Crippen molar-refractivity contribution in [3.63, 3.8) is 0 Å². The van der Waals surface area contributed by atoms with Crippen LogP contribution >= 0.6 is 11.6 Å². The van der Waals surface area contributed by atoms with Crippen molar-refractivity contribution in [3.05, 3.63) is 88.5 Å². The summed E-state index contributed by atoms with van der Waals surface area (Å²) in [4.78, 5) is 28.8. The fraction of sp³-hybridized carbons (Fsp3) is 0.0500. The third-order valence-corrected chi connectivity index (χ3v) is 4.04. The number of hydrogen-bond acceptors (Lipinski definition) is 3. The maximum atomic E-state index is 12.9. The maximum Gasteiger partial charge on any atom is 0.274 e. The number of anilines is 2. The molecule has 0 bridgehead atoms. The predicted octanol–water partition coefficient (Wildman–Crippen LogP) is 4.69. The third-order valence-electron chi connectivity index (χ3n) is 3.80. The van der Waals surface area contributed by atoms with E-state index >= 15 is 0 Å². The van der Waals surface area contributed by atoms with Crippen molar-refractivity contribution >= 4 is 34.8 Å². The summed E-state index contributed by atoms with van der Waals surface area (Å²) < 4.78 is 12.9. The molecule has 3 rings (SSSR count). The summed E-state index contributed by atoms with van der Waals surface area (Å²) in [5, 5.41) is 5.87. The van der Waals surface area contributed by atoms with Crippen LogP contribution in [-0.4, -0.2) is 16.8 Å². The van der Waals surface area contributed by atoms with Crippen LogP contribution in [-0.2, 0) is 0 Å². The number of rotatable bonds is 4. The maximum absolute atomic E-state index is 12.9. The highest BCUT2D eigenvalue weighted by atomic mass is 35.5. The van der Waals surface area contributed by atoms with Crippen LogP contribution in [0.4, 0.5) is 15.8 Å². The first kappa shape index (κ1) is 18.5. The zero-order valence-corrected chi connectivity index (χ0v) is 15.0.